The molecule has 2 aromatic carbocycles. The number of carbonyl (C=O) groups excluding carboxylic acids is 1. The molecule has 2 N–H and O–H groups in total. The number of rotatable bonds is 7. The van der Waals surface area contributed by atoms with Crippen LogP contribution in [0.1, 0.15) is 69.7 Å². The van der Waals surface area contributed by atoms with Crippen molar-refractivity contribution in [2.24, 2.45) is 0 Å². The molecular formula is C26H31NO4. The first-order valence-electron chi connectivity index (χ1n) is 10.8. The number of carboxylic acids is 1. The van der Waals surface area contributed by atoms with Crippen molar-refractivity contribution in [3.63, 3.8) is 0 Å². The zero-order chi connectivity index (χ0) is 22.6. The number of amides is 1. The Bertz CT molecular complexity index is 966. The quantitative estimate of drug-likeness (QED) is 0.472. The molecule has 2 aromatic rings. The third kappa shape index (κ3) is 5.35. The lowest BCUT2D eigenvalue weighted by molar-refractivity contribution is -0.135. The van der Waals surface area contributed by atoms with E-state index >= 15 is 0 Å². The van der Waals surface area contributed by atoms with Crippen LogP contribution < -0.4 is 10.1 Å². The predicted molar refractivity (Wildman–Crippen MR) is 122 cm³/mol. The van der Waals surface area contributed by atoms with Crippen molar-refractivity contribution in [3.05, 3.63) is 70.8 Å². The topological polar surface area (TPSA) is 75.6 Å². The van der Waals surface area contributed by atoms with Gasteiger partial charge in [0, 0.05) is 0 Å². The van der Waals surface area contributed by atoms with Crippen LogP contribution in [-0.2, 0) is 15.0 Å². The molecule has 1 aliphatic heterocycles. The molecule has 164 valence electrons. The molecule has 0 bridgehead atoms. The van der Waals surface area contributed by atoms with Crippen LogP contribution in [0.25, 0.3) is 5.57 Å². The largest absolute Gasteiger partial charge is 0.494 e. The summed E-state index contributed by atoms with van der Waals surface area (Å²) in [6.45, 7) is 9.18. The molecule has 0 saturated carbocycles. The fourth-order valence-corrected chi connectivity index (χ4v) is 3.72. The van der Waals surface area contributed by atoms with E-state index in [9.17, 15) is 14.7 Å². The second kappa shape index (κ2) is 9.38. The maximum atomic E-state index is 12.7. The summed E-state index contributed by atoms with van der Waals surface area (Å²) in [5.74, 6) is -0.966. The standard InChI is InChI=1S/C26H31NO4/c1-5-6-15-31-20-13-9-18(10-14-20)22-16-21(23(25(29)30)24(28)27-22)17-7-11-19(12-8-17)26(2,3)4/h7-14,22H,5-6,15-16H2,1-4H3,(H,27,28)(H,29,30). The van der Waals surface area contributed by atoms with Gasteiger partial charge in [0.25, 0.3) is 5.91 Å². The maximum absolute atomic E-state index is 12.7. The summed E-state index contributed by atoms with van der Waals surface area (Å²) in [6.07, 6.45) is 2.49. The van der Waals surface area contributed by atoms with E-state index in [0.29, 0.717) is 18.6 Å². The number of carbonyl (C=O) groups is 2. The van der Waals surface area contributed by atoms with Crippen LogP contribution in [-0.4, -0.2) is 23.6 Å². The van der Waals surface area contributed by atoms with E-state index in [0.717, 1.165) is 35.3 Å². The number of unbranched alkanes of at least 4 members (excludes halogenated alkanes) is 1. The Morgan fingerprint density at radius 2 is 1.74 bits per heavy atom. The Morgan fingerprint density at radius 1 is 1.10 bits per heavy atom. The van der Waals surface area contributed by atoms with Crippen LogP contribution in [0.2, 0.25) is 0 Å². The Hall–Kier alpha value is -3.08. The van der Waals surface area contributed by atoms with Crippen LogP contribution in [0, 0.1) is 0 Å². The second-order valence-electron chi connectivity index (χ2n) is 8.99. The highest BCUT2D eigenvalue weighted by molar-refractivity contribution is 6.22. The van der Waals surface area contributed by atoms with E-state index in [2.05, 4.69) is 33.0 Å². The van der Waals surface area contributed by atoms with Crippen molar-refractivity contribution < 1.29 is 19.4 Å². The molecule has 1 atom stereocenters. The lowest BCUT2D eigenvalue weighted by atomic mass is 9.83. The summed E-state index contributed by atoms with van der Waals surface area (Å²) in [4.78, 5) is 24.5. The minimum Gasteiger partial charge on any atom is -0.494 e. The molecule has 1 unspecified atom stereocenters. The van der Waals surface area contributed by atoms with Gasteiger partial charge in [-0.1, -0.05) is 70.5 Å². The van der Waals surface area contributed by atoms with E-state index in [1.54, 1.807) is 0 Å². The van der Waals surface area contributed by atoms with Crippen LogP contribution in [0.15, 0.2) is 54.1 Å². The Labute approximate surface area is 184 Å². The predicted octanol–water partition coefficient (Wildman–Crippen LogP) is 5.26. The molecule has 31 heavy (non-hydrogen) atoms. The van der Waals surface area contributed by atoms with Gasteiger partial charge in [0.15, 0.2) is 0 Å². The summed E-state index contributed by atoms with van der Waals surface area (Å²) < 4.78 is 5.71. The van der Waals surface area contributed by atoms with Gasteiger partial charge in [0.05, 0.1) is 12.6 Å². The van der Waals surface area contributed by atoms with Crippen molar-refractivity contribution in [2.75, 3.05) is 6.61 Å². The molecule has 5 heteroatoms. The Kier molecular flexibility index (Phi) is 6.84. The summed E-state index contributed by atoms with van der Waals surface area (Å²) in [7, 11) is 0. The van der Waals surface area contributed by atoms with Crippen molar-refractivity contribution in [3.8, 4) is 5.75 Å². The van der Waals surface area contributed by atoms with Gasteiger partial charge < -0.3 is 15.2 Å². The third-order valence-electron chi connectivity index (χ3n) is 5.60. The highest BCUT2D eigenvalue weighted by Gasteiger charge is 2.32. The number of ether oxygens (including phenoxy) is 1. The van der Waals surface area contributed by atoms with E-state index in [-0.39, 0.29) is 17.0 Å². The average Bonchev–Trinajstić information content (AvgIpc) is 2.73. The van der Waals surface area contributed by atoms with Crippen molar-refractivity contribution >= 4 is 17.4 Å². The van der Waals surface area contributed by atoms with Crippen LogP contribution in [0.4, 0.5) is 0 Å². The Morgan fingerprint density at radius 3 is 2.29 bits per heavy atom. The van der Waals surface area contributed by atoms with Crippen LogP contribution in [0.5, 0.6) is 5.75 Å². The monoisotopic (exact) mass is 421 g/mol. The summed E-state index contributed by atoms with van der Waals surface area (Å²) >= 11 is 0. The van der Waals surface area contributed by atoms with E-state index in [1.165, 1.54) is 0 Å². The maximum Gasteiger partial charge on any atom is 0.341 e. The van der Waals surface area contributed by atoms with Gasteiger partial charge in [0.1, 0.15) is 11.3 Å². The first-order chi connectivity index (χ1) is 14.7. The lowest BCUT2D eigenvalue weighted by Gasteiger charge is -2.28. The van der Waals surface area contributed by atoms with Crippen molar-refractivity contribution in [1.29, 1.82) is 0 Å². The van der Waals surface area contributed by atoms with Gasteiger partial charge in [-0.15, -0.1) is 0 Å². The minimum atomic E-state index is -1.20. The molecule has 3 rings (SSSR count). The molecule has 0 radical (unpaired) electrons. The zero-order valence-electron chi connectivity index (χ0n) is 18.7. The lowest BCUT2D eigenvalue weighted by Crippen LogP contribution is -2.37. The number of carboxylic acid groups (broad SMARTS) is 1. The SMILES string of the molecule is CCCCOc1ccc(C2CC(c3ccc(C(C)(C)C)cc3)=C(C(=O)O)C(=O)N2)cc1. The molecule has 1 amide bonds. The molecule has 5 nitrogen and oxygen atoms in total. The van der Waals surface area contributed by atoms with E-state index < -0.39 is 11.9 Å². The zero-order valence-corrected chi connectivity index (χ0v) is 18.7. The normalized spacial score (nSPS) is 16.8. The average molecular weight is 422 g/mol. The molecule has 0 aliphatic carbocycles. The summed E-state index contributed by atoms with van der Waals surface area (Å²) in [5, 5.41) is 12.5. The van der Waals surface area contributed by atoms with Gasteiger partial charge in [-0.3, -0.25) is 4.79 Å². The number of nitrogens with one attached hydrogen (secondary N) is 1. The van der Waals surface area contributed by atoms with Gasteiger partial charge in [0.2, 0.25) is 0 Å². The van der Waals surface area contributed by atoms with Crippen molar-refractivity contribution in [1.82, 2.24) is 5.32 Å². The molecule has 1 aliphatic rings. The molecular weight excluding hydrogens is 390 g/mol. The van der Waals surface area contributed by atoms with E-state index in [4.69, 9.17) is 4.74 Å². The Balaban J connectivity index is 1.88. The highest BCUT2D eigenvalue weighted by Crippen LogP contribution is 2.35. The number of hydrogen-bond acceptors (Lipinski definition) is 3. The molecule has 1 heterocycles. The van der Waals surface area contributed by atoms with Gasteiger partial charge in [-0.2, -0.15) is 0 Å². The number of benzene rings is 2. The smallest absolute Gasteiger partial charge is 0.341 e. The van der Waals surface area contributed by atoms with Gasteiger partial charge in [-0.05, 0) is 52.7 Å². The van der Waals surface area contributed by atoms with E-state index in [1.807, 2.05) is 48.5 Å². The minimum absolute atomic E-state index is 0.00401. The van der Waals surface area contributed by atoms with Gasteiger partial charge >= 0.3 is 5.97 Å². The fourth-order valence-electron chi connectivity index (χ4n) is 3.72. The molecule has 0 aromatic heterocycles. The third-order valence-corrected chi connectivity index (χ3v) is 5.60. The highest BCUT2D eigenvalue weighted by atomic mass is 16.5. The molecule has 0 spiro atoms. The molecule has 0 fully saturated rings. The molecule has 0 saturated heterocycles. The summed E-state index contributed by atoms with van der Waals surface area (Å²) in [5.41, 5.74) is 3.22. The summed E-state index contributed by atoms with van der Waals surface area (Å²) in [6, 6.07) is 15.2. The van der Waals surface area contributed by atoms with Crippen LogP contribution >= 0.6 is 0 Å². The number of hydrogen-bond donors (Lipinski definition) is 2. The van der Waals surface area contributed by atoms with Crippen LogP contribution in [0.3, 0.4) is 0 Å². The number of aliphatic carboxylic acids is 1. The van der Waals surface area contributed by atoms with Gasteiger partial charge in [-0.25, -0.2) is 4.79 Å². The second-order valence-corrected chi connectivity index (χ2v) is 8.99. The first kappa shape index (κ1) is 22.6. The fraction of sp³-hybridized carbons (Fsp3) is 0.385. The first-order valence-corrected chi connectivity index (χ1v) is 10.8. The van der Waals surface area contributed by atoms with Crippen molar-refractivity contribution in [2.45, 2.75) is 58.4 Å².